The molecule has 17 heavy (non-hydrogen) atoms. The van der Waals surface area contributed by atoms with E-state index in [4.69, 9.17) is 0 Å². The van der Waals surface area contributed by atoms with Crippen LogP contribution in [0.2, 0.25) is 0 Å². The number of aliphatic hydroxyl groups is 1. The monoisotopic (exact) mass is 253 g/mol. The summed E-state index contributed by atoms with van der Waals surface area (Å²) in [7, 11) is 1.95. The first kappa shape index (κ1) is 14.6. The van der Waals surface area contributed by atoms with Crippen molar-refractivity contribution in [1.29, 1.82) is 0 Å². The van der Waals surface area contributed by atoms with Crippen molar-refractivity contribution in [1.82, 2.24) is 5.32 Å². The fraction of sp³-hybridized carbons (Fsp3) is 0.571. The molecule has 2 nitrogen and oxygen atoms in total. The van der Waals surface area contributed by atoms with Crippen LogP contribution in [0.15, 0.2) is 29.2 Å². The van der Waals surface area contributed by atoms with E-state index >= 15 is 0 Å². The Bertz CT molecular complexity index is 319. The fourth-order valence-corrected chi connectivity index (χ4v) is 2.75. The summed E-state index contributed by atoms with van der Waals surface area (Å²) < 4.78 is 0. The summed E-state index contributed by atoms with van der Waals surface area (Å²) in [6.45, 7) is 4.99. The summed E-state index contributed by atoms with van der Waals surface area (Å²) in [4.78, 5) is 1.23. The van der Waals surface area contributed by atoms with Crippen LogP contribution in [0.4, 0.5) is 0 Å². The topological polar surface area (TPSA) is 32.3 Å². The lowest BCUT2D eigenvalue weighted by Gasteiger charge is -2.24. The van der Waals surface area contributed by atoms with Crippen molar-refractivity contribution in [3.8, 4) is 0 Å². The van der Waals surface area contributed by atoms with Crippen LogP contribution in [0.1, 0.15) is 32.3 Å². The van der Waals surface area contributed by atoms with Gasteiger partial charge in [-0.25, -0.2) is 0 Å². The molecule has 1 rings (SSSR count). The molecule has 0 unspecified atom stereocenters. The van der Waals surface area contributed by atoms with Crippen LogP contribution in [-0.4, -0.2) is 23.5 Å². The van der Waals surface area contributed by atoms with Crippen LogP contribution < -0.4 is 5.32 Å². The normalized spacial score (nSPS) is 11.8. The van der Waals surface area contributed by atoms with E-state index in [0.29, 0.717) is 0 Å². The zero-order chi connectivity index (χ0) is 12.7. The van der Waals surface area contributed by atoms with Crippen molar-refractivity contribution in [2.45, 2.75) is 43.7 Å². The maximum Gasteiger partial charge on any atom is 0.0736 e. The van der Waals surface area contributed by atoms with Gasteiger partial charge in [-0.2, -0.15) is 0 Å². The Morgan fingerprint density at radius 1 is 1.18 bits per heavy atom. The molecule has 0 aliphatic rings. The van der Waals surface area contributed by atoms with Crippen LogP contribution in [0.3, 0.4) is 0 Å². The Morgan fingerprint density at radius 3 is 2.24 bits per heavy atom. The van der Waals surface area contributed by atoms with Crippen molar-refractivity contribution in [3.63, 3.8) is 0 Å². The second kappa shape index (κ2) is 7.04. The van der Waals surface area contributed by atoms with Gasteiger partial charge in [0.25, 0.3) is 0 Å². The van der Waals surface area contributed by atoms with E-state index < -0.39 is 5.60 Å². The minimum atomic E-state index is -0.520. The van der Waals surface area contributed by atoms with E-state index in [1.807, 2.05) is 20.9 Å². The van der Waals surface area contributed by atoms with Gasteiger partial charge >= 0.3 is 0 Å². The van der Waals surface area contributed by atoms with E-state index in [2.05, 4.69) is 29.6 Å². The van der Waals surface area contributed by atoms with Crippen LogP contribution >= 0.6 is 11.8 Å². The Morgan fingerprint density at radius 2 is 1.76 bits per heavy atom. The summed E-state index contributed by atoms with van der Waals surface area (Å²) in [5.74, 6) is 0.769. The molecule has 0 heterocycles. The van der Waals surface area contributed by atoms with Gasteiger partial charge in [0.05, 0.1) is 5.60 Å². The molecule has 0 radical (unpaired) electrons. The number of rotatable bonds is 7. The smallest absolute Gasteiger partial charge is 0.0736 e. The van der Waals surface area contributed by atoms with Gasteiger partial charge in [-0.05, 0) is 37.6 Å². The standard InChI is InChI=1S/C14H23NOS/c1-4-14(16,5-2)11-17-13-8-6-12(7-9-13)10-15-3/h6-9,15-16H,4-5,10-11H2,1-3H3. The maximum absolute atomic E-state index is 10.2. The van der Waals surface area contributed by atoms with Gasteiger partial charge in [-0.15, -0.1) is 11.8 Å². The highest BCUT2D eigenvalue weighted by Gasteiger charge is 2.21. The molecule has 0 amide bonds. The quantitative estimate of drug-likeness (QED) is 0.733. The predicted molar refractivity (Wildman–Crippen MR) is 75.5 cm³/mol. The third-order valence-electron chi connectivity index (χ3n) is 3.13. The molecular weight excluding hydrogens is 230 g/mol. The molecule has 2 N–H and O–H groups in total. The van der Waals surface area contributed by atoms with Crippen molar-refractivity contribution < 1.29 is 5.11 Å². The number of thioether (sulfide) groups is 1. The largest absolute Gasteiger partial charge is 0.389 e. The highest BCUT2D eigenvalue weighted by molar-refractivity contribution is 7.99. The van der Waals surface area contributed by atoms with Crippen molar-refractivity contribution in [3.05, 3.63) is 29.8 Å². The zero-order valence-electron chi connectivity index (χ0n) is 11.0. The minimum Gasteiger partial charge on any atom is -0.389 e. The zero-order valence-corrected chi connectivity index (χ0v) is 11.8. The van der Waals surface area contributed by atoms with Crippen LogP contribution in [0.5, 0.6) is 0 Å². The number of benzene rings is 1. The molecule has 0 saturated heterocycles. The van der Waals surface area contributed by atoms with Crippen molar-refractivity contribution in [2.24, 2.45) is 0 Å². The van der Waals surface area contributed by atoms with Crippen LogP contribution in [-0.2, 0) is 6.54 Å². The molecule has 0 spiro atoms. The summed E-state index contributed by atoms with van der Waals surface area (Å²) in [5.41, 5.74) is 0.770. The fourth-order valence-electron chi connectivity index (χ4n) is 1.58. The van der Waals surface area contributed by atoms with Gasteiger partial charge in [-0.1, -0.05) is 26.0 Å². The van der Waals surface area contributed by atoms with Gasteiger partial charge in [-0.3, -0.25) is 0 Å². The Hall–Kier alpha value is -0.510. The summed E-state index contributed by atoms with van der Waals surface area (Å²) >= 11 is 1.73. The van der Waals surface area contributed by atoms with Crippen LogP contribution in [0.25, 0.3) is 0 Å². The van der Waals surface area contributed by atoms with E-state index in [0.717, 1.165) is 25.1 Å². The molecule has 0 aromatic heterocycles. The predicted octanol–water partition coefficient (Wildman–Crippen LogP) is 3.05. The van der Waals surface area contributed by atoms with Gasteiger partial charge in [0.15, 0.2) is 0 Å². The number of hydrogen-bond acceptors (Lipinski definition) is 3. The summed E-state index contributed by atoms with van der Waals surface area (Å²) in [6.07, 6.45) is 1.63. The average molecular weight is 253 g/mol. The first-order valence-corrected chi connectivity index (χ1v) is 7.21. The SMILES string of the molecule is CCC(O)(CC)CSc1ccc(CNC)cc1. The summed E-state index contributed by atoms with van der Waals surface area (Å²) in [5, 5.41) is 13.3. The highest BCUT2D eigenvalue weighted by Crippen LogP contribution is 2.26. The van der Waals surface area contributed by atoms with E-state index in [-0.39, 0.29) is 0 Å². The lowest BCUT2D eigenvalue weighted by Crippen LogP contribution is -2.29. The number of hydrogen-bond donors (Lipinski definition) is 2. The first-order chi connectivity index (χ1) is 8.13. The molecule has 0 aliphatic heterocycles. The van der Waals surface area contributed by atoms with E-state index in [1.165, 1.54) is 10.5 Å². The highest BCUT2D eigenvalue weighted by atomic mass is 32.2. The Labute approximate surface area is 109 Å². The second-order valence-corrected chi connectivity index (χ2v) is 5.44. The molecule has 0 fully saturated rings. The Balaban J connectivity index is 2.52. The lowest BCUT2D eigenvalue weighted by atomic mass is 10.0. The van der Waals surface area contributed by atoms with Gasteiger partial charge < -0.3 is 10.4 Å². The second-order valence-electron chi connectivity index (χ2n) is 4.39. The molecule has 1 aromatic carbocycles. The van der Waals surface area contributed by atoms with E-state index in [1.54, 1.807) is 11.8 Å². The van der Waals surface area contributed by atoms with E-state index in [9.17, 15) is 5.11 Å². The van der Waals surface area contributed by atoms with Gasteiger partial charge in [0, 0.05) is 17.2 Å². The van der Waals surface area contributed by atoms with Crippen molar-refractivity contribution in [2.75, 3.05) is 12.8 Å². The molecule has 0 bridgehead atoms. The third kappa shape index (κ3) is 4.70. The number of nitrogens with one attached hydrogen (secondary N) is 1. The molecule has 0 atom stereocenters. The van der Waals surface area contributed by atoms with Crippen LogP contribution in [0, 0.1) is 0 Å². The Kier molecular flexibility index (Phi) is 6.03. The molecular formula is C14H23NOS. The van der Waals surface area contributed by atoms with Gasteiger partial charge in [0.1, 0.15) is 0 Å². The molecule has 96 valence electrons. The minimum absolute atomic E-state index is 0.520. The summed E-state index contributed by atoms with van der Waals surface area (Å²) in [6, 6.07) is 8.53. The lowest BCUT2D eigenvalue weighted by molar-refractivity contribution is 0.0572. The molecule has 1 aromatic rings. The molecule has 0 aliphatic carbocycles. The molecule has 3 heteroatoms. The first-order valence-electron chi connectivity index (χ1n) is 6.22. The molecule has 0 saturated carbocycles. The van der Waals surface area contributed by atoms with Crippen molar-refractivity contribution >= 4 is 11.8 Å². The average Bonchev–Trinajstić information content (AvgIpc) is 2.38. The maximum atomic E-state index is 10.2. The third-order valence-corrected chi connectivity index (χ3v) is 4.42. The van der Waals surface area contributed by atoms with Gasteiger partial charge in [0.2, 0.25) is 0 Å².